The fraction of sp³-hybridized carbons (Fsp3) is 0.250. The van der Waals surface area contributed by atoms with Gasteiger partial charge >= 0.3 is 12.1 Å². The van der Waals surface area contributed by atoms with Gasteiger partial charge in [-0.05, 0) is 19.1 Å². The van der Waals surface area contributed by atoms with Gasteiger partial charge in [-0.25, -0.2) is 4.79 Å². The van der Waals surface area contributed by atoms with Crippen LogP contribution in [0, 0.1) is 6.92 Å². The number of H-pyrrole nitrogens is 1. The first-order valence-corrected chi connectivity index (χ1v) is 5.13. The zero-order chi connectivity index (χ0) is 13.5. The van der Waals surface area contributed by atoms with Crippen molar-refractivity contribution < 1.29 is 22.7 Å². The molecule has 0 fully saturated rings. The predicted octanol–water partition coefficient (Wildman–Crippen LogP) is 3.28. The highest BCUT2D eigenvalue weighted by Gasteiger charge is 2.35. The van der Waals surface area contributed by atoms with Crippen molar-refractivity contribution in [2.75, 3.05) is 7.11 Å². The largest absolute Gasteiger partial charge is 0.465 e. The van der Waals surface area contributed by atoms with Gasteiger partial charge in [0, 0.05) is 16.6 Å². The summed E-state index contributed by atoms with van der Waals surface area (Å²) in [5.74, 6) is -0.782. The topological polar surface area (TPSA) is 42.1 Å². The molecule has 0 bridgehead atoms. The molecule has 18 heavy (non-hydrogen) atoms. The fourth-order valence-electron chi connectivity index (χ4n) is 1.97. The van der Waals surface area contributed by atoms with E-state index in [4.69, 9.17) is 0 Å². The first kappa shape index (κ1) is 12.5. The second-order valence-electron chi connectivity index (χ2n) is 3.84. The summed E-state index contributed by atoms with van der Waals surface area (Å²) in [5, 5.41) is -0.144. The zero-order valence-electron chi connectivity index (χ0n) is 9.68. The predicted molar refractivity (Wildman–Crippen MR) is 59.4 cm³/mol. The van der Waals surface area contributed by atoms with Gasteiger partial charge in [0.05, 0.1) is 18.2 Å². The lowest BCUT2D eigenvalue weighted by atomic mass is 10.0. The van der Waals surface area contributed by atoms with Crippen LogP contribution in [-0.4, -0.2) is 18.1 Å². The molecule has 1 heterocycles. The molecule has 1 N–H and O–H groups in total. The van der Waals surface area contributed by atoms with Crippen molar-refractivity contribution in [3.63, 3.8) is 0 Å². The number of aromatic nitrogens is 1. The van der Waals surface area contributed by atoms with E-state index in [1.807, 2.05) is 0 Å². The van der Waals surface area contributed by atoms with Gasteiger partial charge in [-0.3, -0.25) is 0 Å². The van der Waals surface area contributed by atoms with Crippen LogP contribution in [0.15, 0.2) is 18.2 Å². The van der Waals surface area contributed by atoms with Gasteiger partial charge in [0.15, 0.2) is 0 Å². The lowest BCUT2D eigenvalue weighted by Gasteiger charge is -2.09. The zero-order valence-corrected chi connectivity index (χ0v) is 9.68. The molecule has 0 saturated carbocycles. The quantitative estimate of drug-likeness (QED) is 0.796. The molecule has 0 aliphatic carbocycles. The third-order valence-corrected chi connectivity index (χ3v) is 2.71. The molecule has 1 aromatic carbocycles. The van der Waals surface area contributed by atoms with Crippen molar-refractivity contribution >= 4 is 16.9 Å². The third kappa shape index (κ3) is 1.83. The van der Waals surface area contributed by atoms with Gasteiger partial charge in [-0.15, -0.1) is 0 Å². The van der Waals surface area contributed by atoms with Crippen LogP contribution in [0.2, 0.25) is 0 Å². The number of aromatic amines is 1. The number of halogens is 3. The minimum Gasteiger partial charge on any atom is -0.465 e. The Hall–Kier alpha value is -1.98. The number of benzene rings is 1. The fourth-order valence-corrected chi connectivity index (χ4v) is 1.97. The minimum atomic E-state index is -4.52. The van der Waals surface area contributed by atoms with Crippen LogP contribution in [0.3, 0.4) is 0 Å². The molecule has 0 aliphatic heterocycles. The van der Waals surface area contributed by atoms with E-state index in [9.17, 15) is 18.0 Å². The maximum absolute atomic E-state index is 12.9. The monoisotopic (exact) mass is 257 g/mol. The number of esters is 1. The number of aryl methyl sites for hydroxylation is 1. The summed E-state index contributed by atoms with van der Waals surface area (Å²) < 4.78 is 43.3. The number of rotatable bonds is 1. The number of methoxy groups -OCH3 is 1. The molecule has 1 aromatic heterocycles. The molecule has 0 atom stereocenters. The van der Waals surface area contributed by atoms with Gasteiger partial charge in [0.2, 0.25) is 0 Å². The van der Waals surface area contributed by atoms with Crippen molar-refractivity contribution in [3.05, 3.63) is 35.0 Å². The molecule has 2 aromatic rings. The van der Waals surface area contributed by atoms with Crippen LogP contribution < -0.4 is 0 Å². The maximum Gasteiger partial charge on any atom is 0.417 e. The Labute approximate surface area is 101 Å². The number of hydrogen-bond acceptors (Lipinski definition) is 2. The highest BCUT2D eigenvalue weighted by Crippen LogP contribution is 2.37. The summed E-state index contributed by atoms with van der Waals surface area (Å²) in [5.41, 5.74) is -0.290. The summed E-state index contributed by atoms with van der Waals surface area (Å²) in [4.78, 5) is 14.3. The van der Waals surface area contributed by atoms with Crippen LogP contribution in [0.4, 0.5) is 13.2 Å². The number of nitrogens with one attached hydrogen (secondary N) is 1. The lowest BCUT2D eigenvalue weighted by Crippen LogP contribution is -2.09. The number of ether oxygens (including phenoxy) is 1. The van der Waals surface area contributed by atoms with Crippen LogP contribution in [-0.2, 0) is 10.9 Å². The molecular formula is C12H10F3NO2. The first-order chi connectivity index (χ1) is 8.36. The van der Waals surface area contributed by atoms with E-state index in [1.165, 1.54) is 19.1 Å². The van der Waals surface area contributed by atoms with Crippen LogP contribution in [0.5, 0.6) is 0 Å². The molecule has 0 unspecified atom stereocenters. The number of alkyl halides is 3. The number of carbonyl (C=O) groups is 1. The minimum absolute atomic E-state index is 0.0691. The molecule has 2 rings (SSSR count). The summed E-state index contributed by atoms with van der Waals surface area (Å²) >= 11 is 0. The average Bonchev–Trinajstić information content (AvgIpc) is 2.62. The van der Waals surface area contributed by atoms with E-state index in [2.05, 4.69) is 9.72 Å². The van der Waals surface area contributed by atoms with E-state index in [-0.39, 0.29) is 16.5 Å². The number of fused-ring (bicyclic) bond motifs is 1. The van der Waals surface area contributed by atoms with E-state index in [1.54, 1.807) is 0 Å². The van der Waals surface area contributed by atoms with Crippen LogP contribution in [0.1, 0.15) is 21.6 Å². The van der Waals surface area contributed by atoms with Crippen molar-refractivity contribution in [2.45, 2.75) is 13.1 Å². The molecule has 0 aliphatic rings. The molecular weight excluding hydrogens is 247 g/mol. The standard InChI is InChI=1S/C12H10F3NO2/c1-6-9(11(17)18-2)10-7(12(13,14)15)4-3-5-8(10)16-6/h3-5,16H,1-2H3. The second kappa shape index (κ2) is 4.04. The average molecular weight is 257 g/mol. The Balaban J connectivity index is 2.86. The Kier molecular flexibility index (Phi) is 2.80. The number of carbonyl (C=O) groups excluding carboxylic acids is 1. The summed E-state index contributed by atoms with van der Waals surface area (Å²) in [6.07, 6.45) is -4.52. The van der Waals surface area contributed by atoms with Gasteiger partial charge < -0.3 is 9.72 Å². The first-order valence-electron chi connectivity index (χ1n) is 5.13. The van der Waals surface area contributed by atoms with Crippen molar-refractivity contribution in [3.8, 4) is 0 Å². The molecule has 3 nitrogen and oxygen atoms in total. The normalized spacial score (nSPS) is 11.8. The van der Waals surface area contributed by atoms with Gasteiger partial charge in [0.25, 0.3) is 0 Å². The summed E-state index contributed by atoms with van der Waals surface area (Å²) in [7, 11) is 1.14. The Morgan fingerprint density at radius 3 is 2.56 bits per heavy atom. The van der Waals surface area contributed by atoms with Gasteiger partial charge in [-0.2, -0.15) is 13.2 Å². The van der Waals surface area contributed by atoms with Crippen LogP contribution >= 0.6 is 0 Å². The SMILES string of the molecule is COC(=O)c1c(C)[nH]c2cccc(C(F)(F)F)c12. The molecule has 0 saturated heterocycles. The highest BCUT2D eigenvalue weighted by atomic mass is 19.4. The Bertz CT molecular complexity index is 614. The summed E-state index contributed by atoms with van der Waals surface area (Å²) in [6, 6.07) is 3.73. The van der Waals surface area contributed by atoms with E-state index in [0.717, 1.165) is 13.2 Å². The third-order valence-electron chi connectivity index (χ3n) is 2.71. The van der Waals surface area contributed by atoms with Crippen molar-refractivity contribution in [2.24, 2.45) is 0 Å². The summed E-state index contributed by atoms with van der Waals surface area (Å²) in [6.45, 7) is 1.53. The van der Waals surface area contributed by atoms with E-state index < -0.39 is 17.7 Å². The second-order valence-corrected chi connectivity index (χ2v) is 3.84. The lowest BCUT2D eigenvalue weighted by molar-refractivity contribution is -0.136. The molecule has 96 valence electrons. The van der Waals surface area contributed by atoms with Gasteiger partial charge in [-0.1, -0.05) is 6.07 Å². The molecule has 0 radical (unpaired) electrons. The maximum atomic E-state index is 12.9. The van der Waals surface area contributed by atoms with Crippen molar-refractivity contribution in [1.29, 1.82) is 0 Å². The number of hydrogen-bond donors (Lipinski definition) is 1. The van der Waals surface area contributed by atoms with Crippen LogP contribution in [0.25, 0.3) is 10.9 Å². The highest BCUT2D eigenvalue weighted by molar-refractivity contribution is 6.07. The van der Waals surface area contributed by atoms with Gasteiger partial charge in [0.1, 0.15) is 0 Å². The van der Waals surface area contributed by atoms with Crippen molar-refractivity contribution in [1.82, 2.24) is 4.98 Å². The Morgan fingerprint density at radius 1 is 1.33 bits per heavy atom. The molecule has 0 spiro atoms. The smallest absolute Gasteiger partial charge is 0.417 e. The molecule has 6 heteroatoms. The Morgan fingerprint density at radius 2 is 2.00 bits per heavy atom. The molecule has 0 amide bonds. The van der Waals surface area contributed by atoms with E-state index in [0.29, 0.717) is 5.69 Å². The van der Waals surface area contributed by atoms with E-state index >= 15 is 0 Å².